The van der Waals surface area contributed by atoms with Gasteiger partial charge in [-0.1, -0.05) is 11.6 Å². The van der Waals surface area contributed by atoms with Gasteiger partial charge in [0.25, 0.3) is 0 Å². The molecule has 0 aliphatic rings. The highest BCUT2D eigenvalue weighted by atomic mass is 16.4. The summed E-state index contributed by atoms with van der Waals surface area (Å²) in [6.45, 7) is 7.44. The van der Waals surface area contributed by atoms with Gasteiger partial charge in [0.1, 0.15) is 11.7 Å². The summed E-state index contributed by atoms with van der Waals surface area (Å²) in [7, 11) is 0. The zero-order valence-electron chi connectivity index (χ0n) is 11.4. The van der Waals surface area contributed by atoms with Crippen LogP contribution in [0.25, 0.3) is 11.0 Å². The van der Waals surface area contributed by atoms with Crippen molar-refractivity contribution in [3.8, 4) is 6.07 Å². The van der Waals surface area contributed by atoms with Crippen molar-refractivity contribution in [2.75, 3.05) is 18.0 Å². The van der Waals surface area contributed by atoms with E-state index >= 15 is 0 Å². The molecule has 1 heterocycles. The summed E-state index contributed by atoms with van der Waals surface area (Å²) in [5.74, 6) is 0. The minimum absolute atomic E-state index is 0.0850. The van der Waals surface area contributed by atoms with Crippen molar-refractivity contribution in [3.63, 3.8) is 0 Å². The van der Waals surface area contributed by atoms with Crippen LogP contribution in [0.15, 0.2) is 27.4 Å². The Bertz CT molecular complexity index is 706. The normalized spacial score (nSPS) is 10.4. The maximum Gasteiger partial charge on any atom is 0.356 e. The van der Waals surface area contributed by atoms with Crippen LogP contribution in [0.4, 0.5) is 5.69 Å². The third kappa shape index (κ3) is 2.19. The third-order valence-corrected chi connectivity index (χ3v) is 3.23. The van der Waals surface area contributed by atoms with E-state index in [9.17, 15) is 10.1 Å². The molecule has 0 aliphatic heterocycles. The standard InChI is InChI=1S/C15H16N2O2/c1-4-17(5-2)14-11-8-10(3)6-7-13(11)19-15(18)12(14)9-16/h6-8H,4-5H2,1-3H3. The molecule has 2 aromatic rings. The molecule has 0 aliphatic carbocycles. The molecule has 1 aromatic heterocycles. The van der Waals surface area contributed by atoms with Crippen molar-refractivity contribution >= 4 is 16.7 Å². The lowest BCUT2D eigenvalue weighted by Crippen LogP contribution is -2.25. The van der Waals surface area contributed by atoms with Gasteiger partial charge >= 0.3 is 5.63 Å². The molecule has 0 fully saturated rings. The second-order valence-electron chi connectivity index (χ2n) is 4.40. The second-order valence-corrected chi connectivity index (χ2v) is 4.40. The van der Waals surface area contributed by atoms with Crippen molar-refractivity contribution in [2.24, 2.45) is 0 Å². The van der Waals surface area contributed by atoms with Crippen molar-refractivity contribution < 1.29 is 4.42 Å². The number of fused-ring (bicyclic) bond motifs is 1. The molecule has 1 aromatic carbocycles. The lowest BCUT2D eigenvalue weighted by molar-refractivity contribution is 0.558. The Hall–Kier alpha value is -2.28. The zero-order chi connectivity index (χ0) is 14.0. The molecule has 0 atom stereocenters. The van der Waals surface area contributed by atoms with Crippen LogP contribution in [-0.4, -0.2) is 13.1 Å². The number of hydrogen-bond donors (Lipinski definition) is 0. The summed E-state index contributed by atoms with van der Waals surface area (Å²) in [6.07, 6.45) is 0. The molecule has 2 rings (SSSR count). The minimum atomic E-state index is -0.569. The molecule has 98 valence electrons. The first-order valence-corrected chi connectivity index (χ1v) is 6.34. The van der Waals surface area contributed by atoms with Crippen molar-refractivity contribution in [3.05, 3.63) is 39.7 Å². The van der Waals surface area contributed by atoms with E-state index in [1.165, 1.54) is 0 Å². The number of nitrogens with zero attached hydrogens (tertiary/aromatic N) is 2. The van der Waals surface area contributed by atoms with Gasteiger partial charge < -0.3 is 9.32 Å². The highest BCUT2D eigenvalue weighted by molar-refractivity contribution is 5.93. The van der Waals surface area contributed by atoms with Crippen LogP contribution in [0.1, 0.15) is 25.0 Å². The van der Waals surface area contributed by atoms with Gasteiger partial charge in [-0.15, -0.1) is 0 Å². The fourth-order valence-corrected chi connectivity index (χ4v) is 2.27. The summed E-state index contributed by atoms with van der Waals surface area (Å²) in [5, 5.41) is 10.1. The SMILES string of the molecule is CCN(CC)c1c(C#N)c(=O)oc2ccc(C)cc12. The summed E-state index contributed by atoms with van der Waals surface area (Å²) < 4.78 is 5.21. The first-order valence-electron chi connectivity index (χ1n) is 6.34. The molecule has 0 radical (unpaired) electrons. The predicted molar refractivity (Wildman–Crippen MR) is 75.5 cm³/mol. The van der Waals surface area contributed by atoms with Crippen LogP contribution in [0, 0.1) is 18.3 Å². The summed E-state index contributed by atoms with van der Waals surface area (Å²) in [5.41, 5.74) is 1.79. The Kier molecular flexibility index (Phi) is 3.57. The van der Waals surface area contributed by atoms with Gasteiger partial charge in [-0.3, -0.25) is 0 Å². The average molecular weight is 256 g/mol. The minimum Gasteiger partial charge on any atom is -0.422 e. The first-order chi connectivity index (χ1) is 9.12. The Morgan fingerprint density at radius 2 is 2.00 bits per heavy atom. The Morgan fingerprint density at radius 3 is 2.58 bits per heavy atom. The Morgan fingerprint density at radius 1 is 1.32 bits per heavy atom. The molecule has 0 saturated carbocycles. The molecule has 0 amide bonds. The van der Waals surface area contributed by atoms with Gasteiger partial charge in [0, 0.05) is 18.5 Å². The van der Waals surface area contributed by atoms with Crippen molar-refractivity contribution in [2.45, 2.75) is 20.8 Å². The van der Waals surface area contributed by atoms with Crippen LogP contribution >= 0.6 is 0 Å². The van der Waals surface area contributed by atoms with Crippen LogP contribution in [0.3, 0.4) is 0 Å². The van der Waals surface area contributed by atoms with Crippen molar-refractivity contribution in [1.82, 2.24) is 0 Å². The van der Waals surface area contributed by atoms with Crippen LogP contribution < -0.4 is 10.5 Å². The molecular formula is C15H16N2O2. The molecule has 4 nitrogen and oxygen atoms in total. The molecule has 0 unspecified atom stereocenters. The zero-order valence-corrected chi connectivity index (χ0v) is 11.4. The summed E-state index contributed by atoms with van der Waals surface area (Å²) in [6, 6.07) is 7.60. The second kappa shape index (κ2) is 5.15. The highest BCUT2D eigenvalue weighted by Gasteiger charge is 2.18. The average Bonchev–Trinajstić information content (AvgIpc) is 2.40. The number of hydrogen-bond acceptors (Lipinski definition) is 4. The van der Waals surface area contributed by atoms with E-state index in [0.717, 1.165) is 24.0 Å². The number of anilines is 1. The van der Waals surface area contributed by atoms with Gasteiger partial charge in [-0.25, -0.2) is 4.79 Å². The largest absolute Gasteiger partial charge is 0.422 e. The van der Waals surface area contributed by atoms with Gasteiger partial charge in [-0.05, 0) is 32.9 Å². The van der Waals surface area contributed by atoms with E-state index < -0.39 is 5.63 Å². The quantitative estimate of drug-likeness (QED) is 0.792. The predicted octanol–water partition coefficient (Wildman–Crippen LogP) is 2.82. The number of aryl methyl sites for hydroxylation is 1. The molecule has 4 heteroatoms. The summed E-state index contributed by atoms with van der Waals surface area (Å²) in [4.78, 5) is 13.9. The van der Waals surface area contributed by atoms with E-state index in [1.807, 2.05) is 43.9 Å². The highest BCUT2D eigenvalue weighted by Crippen LogP contribution is 2.29. The van der Waals surface area contributed by atoms with E-state index in [0.29, 0.717) is 11.3 Å². The van der Waals surface area contributed by atoms with Crippen molar-refractivity contribution in [1.29, 1.82) is 5.26 Å². The molecule has 0 spiro atoms. The third-order valence-electron chi connectivity index (χ3n) is 3.23. The maximum atomic E-state index is 11.9. The molecule has 19 heavy (non-hydrogen) atoms. The van der Waals surface area contributed by atoms with Gasteiger partial charge in [-0.2, -0.15) is 5.26 Å². The van der Waals surface area contributed by atoms with Crippen LogP contribution in [0.2, 0.25) is 0 Å². The monoisotopic (exact) mass is 256 g/mol. The van der Waals surface area contributed by atoms with E-state index in [-0.39, 0.29) is 5.56 Å². The van der Waals surface area contributed by atoms with E-state index in [1.54, 1.807) is 6.07 Å². The van der Waals surface area contributed by atoms with Gasteiger partial charge in [0.15, 0.2) is 5.56 Å². The smallest absolute Gasteiger partial charge is 0.356 e. The van der Waals surface area contributed by atoms with E-state index in [4.69, 9.17) is 4.42 Å². The molecule has 0 N–H and O–H groups in total. The lowest BCUT2D eigenvalue weighted by atomic mass is 10.1. The maximum absolute atomic E-state index is 11.9. The number of nitriles is 1. The molecule has 0 bridgehead atoms. The van der Waals surface area contributed by atoms with Crippen LogP contribution in [-0.2, 0) is 0 Å². The first kappa shape index (κ1) is 13.2. The number of rotatable bonds is 3. The Balaban J connectivity index is 2.93. The fraction of sp³-hybridized carbons (Fsp3) is 0.333. The molecule has 0 saturated heterocycles. The lowest BCUT2D eigenvalue weighted by Gasteiger charge is -2.23. The fourth-order valence-electron chi connectivity index (χ4n) is 2.27. The van der Waals surface area contributed by atoms with E-state index in [2.05, 4.69) is 0 Å². The van der Waals surface area contributed by atoms with Gasteiger partial charge in [0.2, 0.25) is 0 Å². The number of benzene rings is 1. The Labute approximate surface area is 111 Å². The van der Waals surface area contributed by atoms with Crippen LogP contribution in [0.5, 0.6) is 0 Å². The van der Waals surface area contributed by atoms with Gasteiger partial charge in [0.05, 0.1) is 5.69 Å². The molecular weight excluding hydrogens is 240 g/mol. The summed E-state index contributed by atoms with van der Waals surface area (Å²) >= 11 is 0. The topological polar surface area (TPSA) is 57.2 Å².